The summed E-state index contributed by atoms with van der Waals surface area (Å²) in [5.41, 5.74) is 2.23. The number of carbonyl (C=O) groups excluding carboxylic acids is 1. The zero-order valence-electron chi connectivity index (χ0n) is 11.4. The molecule has 0 aromatic carbocycles. The van der Waals surface area contributed by atoms with Crippen molar-refractivity contribution in [1.29, 1.82) is 0 Å². The maximum atomic E-state index is 12.2. The minimum absolute atomic E-state index is 0.0529. The van der Waals surface area contributed by atoms with Crippen LogP contribution in [0.2, 0.25) is 0 Å². The van der Waals surface area contributed by atoms with Crippen molar-refractivity contribution >= 4 is 23.2 Å². The molecule has 2 aromatic rings. The first-order valence-corrected chi connectivity index (χ1v) is 6.89. The van der Waals surface area contributed by atoms with E-state index in [-0.39, 0.29) is 11.6 Å². The number of nitrogens with one attached hydrogen (secondary N) is 2. The molecule has 20 heavy (non-hydrogen) atoms. The topological polar surface area (TPSA) is 95.1 Å². The van der Waals surface area contributed by atoms with Crippen LogP contribution in [0.25, 0.3) is 0 Å². The number of hydrogen-bond donors (Lipinski definition) is 3. The summed E-state index contributed by atoms with van der Waals surface area (Å²) in [4.78, 5) is 30.2. The summed E-state index contributed by atoms with van der Waals surface area (Å²) in [6.07, 6.45) is 0. The fourth-order valence-corrected chi connectivity index (χ4v) is 2.67. The van der Waals surface area contributed by atoms with Crippen molar-refractivity contribution in [3.05, 3.63) is 38.6 Å². The van der Waals surface area contributed by atoms with E-state index in [1.54, 1.807) is 13.8 Å². The molecule has 6 nitrogen and oxygen atoms in total. The molecule has 2 rings (SSSR count). The van der Waals surface area contributed by atoms with Gasteiger partial charge in [-0.1, -0.05) is 0 Å². The predicted octanol–water partition coefficient (Wildman–Crippen LogP) is 2.02. The number of aromatic amines is 1. The molecule has 0 aliphatic heterocycles. The van der Waals surface area contributed by atoms with Crippen molar-refractivity contribution in [3.63, 3.8) is 0 Å². The Morgan fingerprint density at radius 1 is 1.40 bits per heavy atom. The maximum Gasteiger partial charge on any atom is 0.352 e. The molecule has 106 valence electrons. The van der Waals surface area contributed by atoms with Gasteiger partial charge < -0.3 is 15.4 Å². The first-order chi connectivity index (χ1) is 9.40. The van der Waals surface area contributed by atoms with Gasteiger partial charge in [-0.2, -0.15) is 0 Å². The largest absolute Gasteiger partial charge is 0.477 e. The fraction of sp³-hybridized carbons (Fsp3) is 0.308. The number of thiazole rings is 1. The van der Waals surface area contributed by atoms with Gasteiger partial charge in [0.05, 0.1) is 22.8 Å². The smallest absolute Gasteiger partial charge is 0.352 e. The molecule has 0 fully saturated rings. The van der Waals surface area contributed by atoms with E-state index in [0.717, 1.165) is 10.7 Å². The number of amides is 1. The monoisotopic (exact) mass is 293 g/mol. The van der Waals surface area contributed by atoms with Gasteiger partial charge in [0.25, 0.3) is 5.91 Å². The average Bonchev–Trinajstić information content (AvgIpc) is 2.91. The molecular weight excluding hydrogens is 278 g/mol. The van der Waals surface area contributed by atoms with Crippen molar-refractivity contribution in [2.24, 2.45) is 0 Å². The summed E-state index contributed by atoms with van der Waals surface area (Å²) in [5, 5.41) is 14.6. The second kappa shape index (κ2) is 5.46. The normalized spacial score (nSPS) is 10.6. The molecular formula is C13H15N3O3S. The Bertz CT molecular complexity index is 672. The lowest BCUT2D eigenvalue weighted by Gasteiger charge is -2.04. The standard InChI is InChI=1S/C13H15N3O3S/c1-6-10(7(2)15-11(6)13(18)19)12(17)14-4-9-5-20-8(3)16-9/h5,15H,4H2,1-3H3,(H,14,17)(H,18,19). The third-order valence-corrected chi connectivity index (χ3v) is 3.80. The van der Waals surface area contributed by atoms with E-state index in [4.69, 9.17) is 5.11 Å². The Hall–Kier alpha value is -2.15. The molecule has 0 saturated heterocycles. The molecule has 1 amide bonds. The first kappa shape index (κ1) is 14.3. The van der Waals surface area contributed by atoms with Gasteiger partial charge in [0, 0.05) is 11.1 Å². The van der Waals surface area contributed by atoms with Crippen molar-refractivity contribution in [3.8, 4) is 0 Å². The third kappa shape index (κ3) is 2.72. The summed E-state index contributed by atoms with van der Waals surface area (Å²) >= 11 is 1.52. The van der Waals surface area contributed by atoms with Crippen LogP contribution in [0, 0.1) is 20.8 Å². The lowest BCUT2D eigenvalue weighted by molar-refractivity contribution is 0.0690. The number of nitrogens with zero attached hydrogens (tertiary/aromatic N) is 1. The van der Waals surface area contributed by atoms with E-state index in [9.17, 15) is 9.59 Å². The van der Waals surface area contributed by atoms with Crippen LogP contribution in [0.5, 0.6) is 0 Å². The van der Waals surface area contributed by atoms with E-state index in [0.29, 0.717) is 23.4 Å². The molecule has 7 heteroatoms. The molecule has 0 aliphatic carbocycles. The highest BCUT2D eigenvalue weighted by molar-refractivity contribution is 7.09. The van der Waals surface area contributed by atoms with Crippen molar-refractivity contribution in [1.82, 2.24) is 15.3 Å². The molecule has 3 N–H and O–H groups in total. The summed E-state index contributed by atoms with van der Waals surface area (Å²) in [6.45, 7) is 5.53. The second-order valence-corrected chi connectivity index (χ2v) is 5.53. The summed E-state index contributed by atoms with van der Waals surface area (Å²) in [7, 11) is 0. The number of aromatic nitrogens is 2. The number of H-pyrrole nitrogens is 1. The Morgan fingerprint density at radius 2 is 2.10 bits per heavy atom. The zero-order chi connectivity index (χ0) is 14.9. The number of hydrogen-bond acceptors (Lipinski definition) is 4. The lowest BCUT2D eigenvalue weighted by Crippen LogP contribution is -2.24. The number of carboxylic acids is 1. The molecule has 0 aliphatic rings. The number of carboxylic acid groups (broad SMARTS) is 1. The van der Waals surface area contributed by atoms with Gasteiger partial charge >= 0.3 is 5.97 Å². The Balaban J connectivity index is 2.15. The van der Waals surface area contributed by atoms with Gasteiger partial charge in [0.1, 0.15) is 5.69 Å². The van der Waals surface area contributed by atoms with Gasteiger partial charge in [-0.25, -0.2) is 9.78 Å². The molecule has 0 radical (unpaired) electrons. The van der Waals surface area contributed by atoms with Crippen LogP contribution in [-0.4, -0.2) is 27.0 Å². The second-order valence-electron chi connectivity index (χ2n) is 4.47. The maximum absolute atomic E-state index is 12.2. The van der Waals surface area contributed by atoms with E-state index >= 15 is 0 Å². The SMILES string of the molecule is Cc1nc(CNC(=O)c2c(C)[nH]c(C(=O)O)c2C)cs1. The number of rotatable bonds is 4. The molecule has 0 spiro atoms. The third-order valence-electron chi connectivity index (χ3n) is 2.98. The van der Waals surface area contributed by atoms with Crippen LogP contribution in [0.3, 0.4) is 0 Å². The van der Waals surface area contributed by atoms with Crippen LogP contribution in [0.15, 0.2) is 5.38 Å². The predicted molar refractivity (Wildman–Crippen MR) is 75.2 cm³/mol. The fourth-order valence-electron chi connectivity index (χ4n) is 2.05. The van der Waals surface area contributed by atoms with Crippen molar-refractivity contribution in [2.45, 2.75) is 27.3 Å². The molecule has 2 aromatic heterocycles. The minimum Gasteiger partial charge on any atom is -0.477 e. The number of carbonyl (C=O) groups is 2. The Morgan fingerprint density at radius 3 is 2.60 bits per heavy atom. The average molecular weight is 293 g/mol. The first-order valence-electron chi connectivity index (χ1n) is 6.01. The van der Waals surface area contributed by atoms with E-state index < -0.39 is 5.97 Å². The molecule has 2 heterocycles. The van der Waals surface area contributed by atoms with Crippen molar-refractivity contribution in [2.75, 3.05) is 0 Å². The Kier molecular flexibility index (Phi) is 3.89. The van der Waals surface area contributed by atoms with Crippen LogP contribution in [0.4, 0.5) is 0 Å². The van der Waals surface area contributed by atoms with E-state index in [1.165, 1.54) is 11.3 Å². The summed E-state index contributed by atoms with van der Waals surface area (Å²) in [6, 6.07) is 0. The molecule has 0 unspecified atom stereocenters. The quantitative estimate of drug-likeness (QED) is 0.803. The lowest BCUT2D eigenvalue weighted by atomic mass is 10.1. The molecule has 0 saturated carbocycles. The molecule has 0 bridgehead atoms. The molecule has 0 atom stereocenters. The summed E-state index contributed by atoms with van der Waals surface area (Å²) in [5.74, 6) is -1.37. The zero-order valence-corrected chi connectivity index (χ0v) is 12.2. The highest BCUT2D eigenvalue weighted by Gasteiger charge is 2.21. The van der Waals surface area contributed by atoms with Gasteiger partial charge in [-0.15, -0.1) is 11.3 Å². The highest BCUT2D eigenvalue weighted by atomic mass is 32.1. The van der Waals surface area contributed by atoms with Gasteiger partial charge in [0.15, 0.2) is 0 Å². The van der Waals surface area contributed by atoms with Crippen LogP contribution >= 0.6 is 11.3 Å². The minimum atomic E-state index is -1.07. The van der Waals surface area contributed by atoms with E-state index in [1.807, 2.05) is 12.3 Å². The van der Waals surface area contributed by atoms with Gasteiger partial charge in [0.2, 0.25) is 0 Å². The van der Waals surface area contributed by atoms with Crippen LogP contribution < -0.4 is 5.32 Å². The highest BCUT2D eigenvalue weighted by Crippen LogP contribution is 2.18. The summed E-state index contributed by atoms with van der Waals surface area (Å²) < 4.78 is 0. The van der Waals surface area contributed by atoms with E-state index in [2.05, 4.69) is 15.3 Å². The number of aromatic carboxylic acids is 1. The van der Waals surface area contributed by atoms with Gasteiger partial charge in [-0.3, -0.25) is 4.79 Å². The van der Waals surface area contributed by atoms with Crippen LogP contribution in [0.1, 0.15) is 42.8 Å². The Labute approximate surface area is 119 Å². The van der Waals surface area contributed by atoms with Crippen molar-refractivity contribution < 1.29 is 14.7 Å². The number of aryl methyl sites for hydroxylation is 2. The van der Waals surface area contributed by atoms with Gasteiger partial charge in [-0.05, 0) is 26.3 Å². The van der Waals surface area contributed by atoms with Crippen LogP contribution in [-0.2, 0) is 6.54 Å².